The van der Waals surface area contributed by atoms with Crippen molar-refractivity contribution in [1.82, 2.24) is 9.47 Å². The lowest BCUT2D eigenvalue weighted by atomic mass is 9.99. The van der Waals surface area contributed by atoms with E-state index in [2.05, 4.69) is 35.2 Å². The lowest BCUT2D eigenvalue weighted by molar-refractivity contribution is 0.292. The number of rotatable bonds is 3. The van der Waals surface area contributed by atoms with Crippen LogP contribution in [-0.2, 0) is 13.6 Å². The third kappa shape index (κ3) is 3.33. The molecule has 132 valence electrons. The van der Waals surface area contributed by atoms with Crippen LogP contribution in [0.3, 0.4) is 0 Å². The van der Waals surface area contributed by atoms with Crippen molar-refractivity contribution in [2.75, 3.05) is 13.1 Å². The first-order valence-electron chi connectivity index (χ1n) is 8.87. The minimum atomic E-state index is 0.0533. The van der Waals surface area contributed by atoms with Crippen molar-refractivity contribution in [2.45, 2.75) is 13.0 Å². The van der Waals surface area contributed by atoms with Gasteiger partial charge in [-0.3, -0.25) is 9.69 Å². The quantitative estimate of drug-likeness (QED) is 0.684. The molecule has 4 rings (SSSR count). The van der Waals surface area contributed by atoms with Crippen molar-refractivity contribution in [2.24, 2.45) is 7.05 Å². The zero-order chi connectivity index (χ0) is 18.1. The summed E-state index contributed by atoms with van der Waals surface area (Å²) in [4.78, 5) is 15.1. The van der Waals surface area contributed by atoms with Crippen LogP contribution in [0.5, 0.6) is 0 Å². The van der Waals surface area contributed by atoms with Gasteiger partial charge in [0.25, 0.3) is 5.56 Å². The van der Waals surface area contributed by atoms with Crippen molar-refractivity contribution in [3.05, 3.63) is 87.2 Å². The third-order valence-electron chi connectivity index (χ3n) is 5.09. The van der Waals surface area contributed by atoms with E-state index in [1.54, 1.807) is 4.57 Å². The molecule has 1 aliphatic heterocycles. The Morgan fingerprint density at radius 2 is 1.88 bits per heavy atom. The highest BCUT2D eigenvalue weighted by atomic mass is 35.5. The molecule has 0 aliphatic carbocycles. The van der Waals surface area contributed by atoms with Gasteiger partial charge in [-0.1, -0.05) is 54.1 Å². The second-order valence-electron chi connectivity index (χ2n) is 6.82. The fraction of sp³-hybridized carbons (Fsp3) is 0.227. The van der Waals surface area contributed by atoms with E-state index in [0.29, 0.717) is 11.6 Å². The van der Waals surface area contributed by atoms with Crippen molar-refractivity contribution in [1.29, 1.82) is 0 Å². The Labute approximate surface area is 158 Å². The smallest absolute Gasteiger partial charge is 0.255 e. The summed E-state index contributed by atoms with van der Waals surface area (Å²) in [6.07, 6.45) is 3.29. The Balaban J connectivity index is 1.57. The summed E-state index contributed by atoms with van der Waals surface area (Å²) in [6.45, 7) is 2.50. The molecule has 0 N–H and O–H groups in total. The second kappa shape index (κ2) is 7.10. The molecule has 1 aromatic heterocycles. The van der Waals surface area contributed by atoms with E-state index in [1.165, 1.54) is 11.1 Å². The third-order valence-corrected chi connectivity index (χ3v) is 5.33. The van der Waals surface area contributed by atoms with E-state index in [1.807, 2.05) is 37.4 Å². The lowest BCUT2D eigenvalue weighted by Gasteiger charge is -2.26. The number of pyridine rings is 1. The van der Waals surface area contributed by atoms with Crippen LogP contribution in [-0.4, -0.2) is 22.6 Å². The van der Waals surface area contributed by atoms with Gasteiger partial charge in [0.15, 0.2) is 0 Å². The van der Waals surface area contributed by atoms with Gasteiger partial charge in [-0.15, -0.1) is 0 Å². The number of halogens is 1. The minimum absolute atomic E-state index is 0.0533. The fourth-order valence-electron chi connectivity index (χ4n) is 3.63. The first kappa shape index (κ1) is 17.1. The first-order valence-corrected chi connectivity index (χ1v) is 9.24. The Morgan fingerprint density at radius 1 is 1.08 bits per heavy atom. The predicted octanol–water partition coefficient (Wildman–Crippen LogP) is 4.48. The number of aromatic nitrogens is 1. The number of aryl methyl sites for hydroxylation is 1. The predicted molar refractivity (Wildman–Crippen MR) is 109 cm³/mol. The van der Waals surface area contributed by atoms with Crippen LogP contribution in [0.25, 0.3) is 16.5 Å². The molecule has 2 heterocycles. The highest BCUT2D eigenvalue weighted by molar-refractivity contribution is 6.31. The second-order valence-corrected chi connectivity index (χ2v) is 7.25. The van der Waals surface area contributed by atoms with Gasteiger partial charge in [-0.2, -0.15) is 0 Å². The van der Waals surface area contributed by atoms with Gasteiger partial charge < -0.3 is 4.57 Å². The topological polar surface area (TPSA) is 25.2 Å². The maximum atomic E-state index is 12.7. The highest BCUT2D eigenvalue weighted by Gasteiger charge is 2.16. The van der Waals surface area contributed by atoms with Crippen LogP contribution in [0, 0.1) is 0 Å². The van der Waals surface area contributed by atoms with E-state index in [9.17, 15) is 4.79 Å². The molecule has 0 saturated carbocycles. The molecule has 0 saturated heterocycles. The summed E-state index contributed by atoms with van der Waals surface area (Å²) in [5.41, 5.74) is 4.45. The van der Waals surface area contributed by atoms with Crippen LogP contribution in [0.4, 0.5) is 0 Å². The molecule has 0 fully saturated rings. The van der Waals surface area contributed by atoms with E-state index < -0.39 is 0 Å². The zero-order valence-electron chi connectivity index (χ0n) is 14.8. The summed E-state index contributed by atoms with van der Waals surface area (Å²) in [7, 11) is 1.81. The van der Waals surface area contributed by atoms with Gasteiger partial charge in [0.05, 0.1) is 5.52 Å². The summed E-state index contributed by atoms with van der Waals surface area (Å²) in [5, 5.41) is 1.69. The number of hydrogen-bond acceptors (Lipinski definition) is 2. The Kier molecular flexibility index (Phi) is 4.66. The Morgan fingerprint density at radius 3 is 2.62 bits per heavy atom. The summed E-state index contributed by atoms with van der Waals surface area (Å²) in [6, 6.07) is 18.2. The van der Waals surface area contributed by atoms with Crippen LogP contribution in [0.1, 0.15) is 17.5 Å². The largest absolute Gasteiger partial charge is 0.311 e. The number of benzene rings is 2. The number of nitrogens with zero attached hydrogens (tertiary/aromatic N) is 2. The van der Waals surface area contributed by atoms with Crippen molar-refractivity contribution in [3.8, 4) is 0 Å². The van der Waals surface area contributed by atoms with Gasteiger partial charge in [-0.05, 0) is 41.1 Å². The van der Waals surface area contributed by atoms with Crippen LogP contribution >= 0.6 is 11.6 Å². The molecule has 2 aromatic carbocycles. The van der Waals surface area contributed by atoms with Gasteiger partial charge in [0.1, 0.15) is 0 Å². The van der Waals surface area contributed by atoms with Crippen molar-refractivity contribution >= 4 is 28.1 Å². The molecule has 1 aliphatic rings. The molecular formula is C22H21ClN2O. The van der Waals surface area contributed by atoms with Crippen LogP contribution < -0.4 is 5.56 Å². The highest BCUT2D eigenvalue weighted by Crippen LogP contribution is 2.23. The normalized spacial score (nSPS) is 15.2. The van der Waals surface area contributed by atoms with Gasteiger partial charge >= 0.3 is 0 Å². The van der Waals surface area contributed by atoms with E-state index >= 15 is 0 Å². The molecule has 0 unspecified atom stereocenters. The fourth-order valence-corrected chi connectivity index (χ4v) is 3.79. The SMILES string of the molecule is Cn1c(=O)c(CN2CC=C(c3ccccc3)CC2)cc2ccc(Cl)cc21. The maximum Gasteiger partial charge on any atom is 0.255 e. The Bertz CT molecular complexity index is 1040. The van der Waals surface area contributed by atoms with Crippen molar-refractivity contribution < 1.29 is 0 Å². The monoisotopic (exact) mass is 364 g/mol. The molecule has 0 bridgehead atoms. The summed E-state index contributed by atoms with van der Waals surface area (Å²) < 4.78 is 1.70. The average Bonchev–Trinajstić information content (AvgIpc) is 2.68. The number of hydrogen-bond donors (Lipinski definition) is 0. The van der Waals surface area contributed by atoms with E-state index in [0.717, 1.165) is 36.0 Å². The van der Waals surface area contributed by atoms with Crippen molar-refractivity contribution in [3.63, 3.8) is 0 Å². The molecule has 3 nitrogen and oxygen atoms in total. The van der Waals surface area contributed by atoms with Crippen LogP contribution in [0.15, 0.2) is 65.5 Å². The summed E-state index contributed by atoms with van der Waals surface area (Å²) >= 11 is 6.07. The lowest BCUT2D eigenvalue weighted by Crippen LogP contribution is -2.32. The Hall–Kier alpha value is -2.36. The van der Waals surface area contributed by atoms with E-state index in [4.69, 9.17) is 11.6 Å². The maximum absolute atomic E-state index is 12.7. The van der Waals surface area contributed by atoms with Crippen LogP contribution in [0.2, 0.25) is 5.02 Å². The molecule has 3 aromatic rings. The molecule has 0 amide bonds. The van der Waals surface area contributed by atoms with E-state index in [-0.39, 0.29) is 5.56 Å². The molecule has 0 spiro atoms. The molecule has 0 atom stereocenters. The molecule has 26 heavy (non-hydrogen) atoms. The molecule has 4 heteroatoms. The summed E-state index contributed by atoms with van der Waals surface area (Å²) in [5.74, 6) is 0. The average molecular weight is 365 g/mol. The first-order chi connectivity index (χ1) is 12.6. The molecular weight excluding hydrogens is 344 g/mol. The van der Waals surface area contributed by atoms with Gasteiger partial charge in [0.2, 0.25) is 0 Å². The molecule has 0 radical (unpaired) electrons. The van der Waals surface area contributed by atoms with Gasteiger partial charge in [-0.25, -0.2) is 0 Å². The standard InChI is InChI=1S/C22H21ClN2O/c1-24-21-14-20(23)8-7-18(21)13-19(22(24)26)15-25-11-9-17(10-12-25)16-5-3-2-4-6-16/h2-9,13-14H,10-12,15H2,1H3. The van der Waals surface area contributed by atoms with Gasteiger partial charge in [0, 0.05) is 37.3 Å². The minimum Gasteiger partial charge on any atom is -0.311 e. The zero-order valence-corrected chi connectivity index (χ0v) is 15.5. The number of fused-ring (bicyclic) bond motifs is 1.